The molecule has 0 saturated carbocycles. The third-order valence-electron chi connectivity index (χ3n) is 3.91. The number of imide groups is 1. The van der Waals surface area contributed by atoms with Crippen LogP contribution in [0.2, 0.25) is 0 Å². The molecule has 2 heterocycles. The fourth-order valence-corrected chi connectivity index (χ4v) is 3.65. The highest BCUT2D eigenvalue weighted by molar-refractivity contribution is 8.18. The molecule has 1 aromatic rings. The molecule has 2 aliphatic heterocycles. The van der Waals surface area contributed by atoms with Gasteiger partial charge in [0.15, 0.2) is 0 Å². The maximum absolute atomic E-state index is 14.3. The highest BCUT2D eigenvalue weighted by Crippen LogP contribution is 2.32. The summed E-state index contributed by atoms with van der Waals surface area (Å²) in [6.45, 7) is 3.87. The third-order valence-corrected chi connectivity index (χ3v) is 4.81. The van der Waals surface area contributed by atoms with Crippen molar-refractivity contribution in [1.29, 1.82) is 0 Å². The van der Waals surface area contributed by atoms with Gasteiger partial charge >= 0.3 is 0 Å². The van der Waals surface area contributed by atoms with Crippen LogP contribution in [0.3, 0.4) is 0 Å². The lowest BCUT2D eigenvalue weighted by atomic mass is 10.1. The lowest BCUT2D eigenvalue weighted by Gasteiger charge is -2.18. The molecule has 116 valence electrons. The number of amides is 2. The summed E-state index contributed by atoms with van der Waals surface area (Å²) in [6.07, 6.45) is 3.76. The lowest BCUT2D eigenvalue weighted by molar-refractivity contribution is -0.122. The van der Waals surface area contributed by atoms with Gasteiger partial charge in [0.2, 0.25) is 0 Å². The minimum absolute atomic E-state index is 0.270. The molecule has 1 aromatic carbocycles. The van der Waals surface area contributed by atoms with Crippen LogP contribution in [0.25, 0.3) is 6.08 Å². The quantitative estimate of drug-likeness (QED) is 0.800. The molecule has 6 heteroatoms. The number of carbonyl (C=O) groups excluding carboxylic acids is 2. The van der Waals surface area contributed by atoms with Gasteiger partial charge in [-0.3, -0.25) is 14.5 Å². The number of likely N-dealkylation sites (N-methyl/N-ethyl adjacent to an activating group) is 1. The number of anilines is 1. The number of halogens is 1. The fraction of sp³-hybridized carbons (Fsp3) is 0.375. The predicted octanol–water partition coefficient (Wildman–Crippen LogP) is 3.48. The molecule has 0 spiro atoms. The van der Waals surface area contributed by atoms with Gasteiger partial charge in [0.1, 0.15) is 5.82 Å². The number of rotatable bonds is 3. The van der Waals surface area contributed by atoms with Crippen LogP contribution in [-0.2, 0) is 4.79 Å². The van der Waals surface area contributed by atoms with E-state index in [0.29, 0.717) is 22.7 Å². The average molecular weight is 320 g/mol. The van der Waals surface area contributed by atoms with E-state index < -0.39 is 0 Å². The van der Waals surface area contributed by atoms with Crippen molar-refractivity contribution in [3.8, 4) is 0 Å². The molecule has 2 saturated heterocycles. The van der Waals surface area contributed by atoms with Gasteiger partial charge < -0.3 is 4.90 Å². The lowest BCUT2D eigenvalue weighted by Crippen LogP contribution is -2.27. The van der Waals surface area contributed by atoms with Crippen LogP contribution < -0.4 is 4.90 Å². The van der Waals surface area contributed by atoms with E-state index in [2.05, 4.69) is 0 Å². The van der Waals surface area contributed by atoms with Crippen molar-refractivity contribution >= 4 is 34.7 Å². The van der Waals surface area contributed by atoms with Crippen LogP contribution in [0.4, 0.5) is 14.9 Å². The molecular formula is C16H17FN2O2S. The second kappa shape index (κ2) is 6.12. The van der Waals surface area contributed by atoms with Gasteiger partial charge in [-0.25, -0.2) is 4.39 Å². The molecule has 0 unspecified atom stereocenters. The monoisotopic (exact) mass is 320 g/mol. The van der Waals surface area contributed by atoms with Crippen LogP contribution in [0.15, 0.2) is 23.1 Å². The van der Waals surface area contributed by atoms with Crippen molar-refractivity contribution in [3.05, 3.63) is 34.5 Å². The van der Waals surface area contributed by atoms with Gasteiger partial charge in [-0.15, -0.1) is 0 Å². The van der Waals surface area contributed by atoms with E-state index in [1.54, 1.807) is 25.1 Å². The van der Waals surface area contributed by atoms with E-state index in [9.17, 15) is 14.0 Å². The van der Waals surface area contributed by atoms with Crippen molar-refractivity contribution in [2.45, 2.75) is 19.8 Å². The van der Waals surface area contributed by atoms with E-state index >= 15 is 0 Å². The number of carbonyl (C=O) groups is 2. The Morgan fingerprint density at radius 2 is 2.00 bits per heavy atom. The number of thioether (sulfide) groups is 1. The highest BCUT2D eigenvalue weighted by Gasteiger charge is 2.33. The normalized spacial score (nSPS) is 20.5. The van der Waals surface area contributed by atoms with E-state index in [-0.39, 0.29) is 17.0 Å². The Morgan fingerprint density at radius 3 is 2.59 bits per heavy atom. The van der Waals surface area contributed by atoms with Crippen molar-refractivity contribution in [2.75, 3.05) is 24.5 Å². The van der Waals surface area contributed by atoms with Crippen LogP contribution in [0, 0.1) is 5.82 Å². The summed E-state index contributed by atoms with van der Waals surface area (Å²) < 4.78 is 14.3. The molecule has 0 aliphatic carbocycles. The summed E-state index contributed by atoms with van der Waals surface area (Å²) in [4.78, 5) is 27.2. The fourth-order valence-electron chi connectivity index (χ4n) is 2.75. The molecule has 2 amide bonds. The largest absolute Gasteiger partial charge is 0.369 e. The zero-order chi connectivity index (χ0) is 15.7. The summed E-state index contributed by atoms with van der Waals surface area (Å²) in [5, 5.41) is -0.270. The maximum atomic E-state index is 14.3. The summed E-state index contributed by atoms with van der Waals surface area (Å²) in [5.74, 6) is -0.591. The van der Waals surface area contributed by atoms with Crippen LogP contribution in [-0.4, -0.2) is 35.7 Å². The Bertz CT molecular complexity index is 654. The van der Waals surface area contributed by atoms with Crippen molar-refractivity contribution in [2.24, 2.45) is 0 Å². The molecule has 2 aliphatic rings. The standard InChI is InChI=1S/C16H17FN2O2S/c1-2-19-15(20)14(22-16(19)21)10-11-5-6-13(12(17)9-11)18-7-3-4-8-18/h5-6,9-10H,2-4,7-8H2,1H3. The van der Waals surface area contributed by atoms with Gasteiger partial charge in [0.25, 0.3) is 11.1 Å². The van der Waals surface area contributed by atoms with Gasteiger partial charge in [0.05, 0.1) is 10.6 Å². The highest BCUT2D eigenvalue weighted by atomic mass is 32.2. The predicted molar refractivity (Wildman–Crippen MR) is 86.2 cm³/mol. The first kappa shape index (κ1) is 15.1. The number of nitrogens with zero attached hydrogens (tertiary/aromatic N) is 2. The second-order valence-corrected chi connectivity index (χ2v) is 6.32. The third kappa shape index (κ3) is 2.75. The summed E-state index contributed by atoms with van der Waals surface area (Å²) in [5.41, 5.74) is 1.21. The van der Waals surface area contributed by atoms with Crippen LogP contribution in [0.5, 0.6) is 0 Å². The maximum Gasteiger partial charge on any atom is 0.293 e. The molecule has 0 radical (unpaired) electrons. The molecule has 0 aromatic heterocycles. The first-order valence-electron chi connectivity index (χ1n) is 7.40. The molecule has 2 fully saturated rings. The van der Waals surface area contributed by atoms with E-state index in [1.807, 2.05) is 4.90 Å². The zero-order valence-electron chi connectivity index (χ0n) is 12.3. The van der Waals surface area contributed by atoms with Crippen molar-refractivity contribution < 1.29 is 14.0 Å². The zero-order valence-corrected chi connectivity index (χ0v) is 13.2. The first-order chi connectivity index (χ1) is 10.6. The summed E-state index contributed by atoms with van der Waals surface area (Å²) in [7, 11) is 0. The van der Waals surface area contributed by atoms with Gasteiger partial charge in [-0.1, -0.05) is 6.07 Å². The minimum atomic E-state index is -0.304. The minimum Gasteiger partial charge on any atom is -0.369 e. The van der Waals surface area contributed by atoms with Crippen molar-refractivity contribution in [3.63, 3.8) is 0 Å². The van der Waals surface area contributed by atoms with E-state index in [1.165, 1.54) is 11.0 Å². The van der Waals surface area contributed by atoms with Gasteiger partial charge in [-0.05, 0) is 55.3 Å². The Balaban J connectivity index is 1.84. The Hall–Kier alpha value is -1.82. The average Bonchev–Trinajstić information content (AvgIpc) is 3.09. The van der Waals surface area contributed by atoms with E-state index in [0.717, 1.165) is 37.7 Å². The van der Waals surface area contributed by atoms with Crippen LogP contribution >= 0.6 is 11.8 Å². The molecular weight excluding hydrogens is 303 g/mol. The van der Waals surface area contributed by atoms with Crippen LogP contribution in [0.1, 0.15) is 25.3 Å². The number of benzene rings is 1. The van der Waals surface area contributed by atoms with Crippen molar-refractivity contribution in [1.82, 2.24) is 4.90 Å². The molecule has 3 rings (SSSR count). The molecule has 0 bridgehead atoms. The second-order valence-electron chi connectivity index (χ2n) is 5.33. The topological polar surface area (TPSA) is 40.6 Å². The summed E-state index contributed by atoms with van der Waals surface area (Å²) >= 11 is 0.902. The first-order valence-corrected chi connectivity index (χ1v) is 8.21. The Labute approximate surface area is 133 Å². The van der Waals surface area contributed by atoms with Gasteiger partial charge in [0, 0.05) is 19.6 Å². The molecule has 0 atom stereocenters. The number of hydrogen-bond acceptors (Lipinski definition) is 4. The van der Waals surface area contributed by atoms with E-state index in [4.69, 9.17) is 0 Å². The number of hydrogen-bond donors (Lipinski definition) is 0. The summed E-state index contributed by atoms with van der Waals surface area (Å²) in [6, 6.07) is 4.96. The molecule has 4 nitrogen and oxygen atoms in total. The Kier molecular flexibility index (Phi) is 4.20. The SMILES string of the molecule is CCN1C(=O)SC(=Cc2ccc(N3CCCC3)c(F)c2)C1=O. The smallest absolute Gasteiger partial charge is 0.293 e. The molecule has 22 heavy (non-hydrogen) atoms. The van der Waals surface area contributed by atoms with Gasteiger partial charge in [-0.2, -0.15) is 0 Å². The molecule has 0 N–H and O–H groups in total. The Morgan fingerprint density at radius 1 is 1.27 bits per heavy atom.